The van der Waals surface area contributed by atoms with Gasteiger partial charge >= 0.3 is 0 Å². The summed E-state index contributed by atoms with van der Waals surface area (Å²) in [6, 6.07) is 83.0. The van der Waals surface area contributed by atoms with Gasteiger partial charge in [0.1, 0.15) is 0 Å². The maximum absolute atomic E-state index is 5.42. The van der Waals surface area contributed by atoms with E-state index in [1.54, 1.807) is 0 Å². The third-order valence-corrected chi connectivity index (χ3v) is 18.2. The summed E-state index contributed by atoms with van der Waals surface area (Å²) in [6.07, 6.45) is 0. The van der Waals surface area contributed by atoms with Crippen molar-refractivity contribution < 1.29 is 0 Å². The second kappa shape index (κ2) is 14.9. The number of aromatic nitrogens is 4. The Morgan fingerprint density at radius 3 is 0.877 bits per heavy atom. The monoisotopic (exact) mass is 842 g/mol. The first-order chi connectivity index (χ1) is 32.2. The number of benzene rings is 8. The Kier molecular flexibility index (Phi) is 8.51. The van der Waals surface area contributed by atoms with Crippen molar-refractivity contribution in [1.29, 1.82) is 0 Å². The predicted octanol–water partition coefficient (Wildman–Crippen LogP) is 11.9. The van der Waals surface area contributed by atoms with E-state index in [-0.39, 0.29) is 0 Å². The average molecular weight is 843 g/mol. The summed E-state index contributed by atoms with van der Waals surface area (Å²) < 4.78 is 0. The van der Waals surface area contributed by atoms with Crippen LogP contribution >= 0.6 is 0 Å². The molecule has 0 unspecified atom stereocenters. The third kappa shape index (κ3) is 5.97. The fourth-order valence-corrected chi connectivity index (χ4v) is 15.4. The largest absolute Gasteiger partial charge is 0.245 e. The SMILES string of the molecule is c1ccc(-c2ccc3ccc4ccc(-c5ccc6c(c5)-c5cc(-c7ccc8ccc9ccc(-c%10ccccc%10)nc9c8n7)ccc5[Si]6(c5ccccc5)c5ccccc5)nc4c3n2)cc1. The van der Waals surface area contributed by atoms with Crippen LogP contribution in [0.25, 0.3) is 99.8 Å². The van der Waals surface area contributed by atoms with Gasteiger partial charge in [-0.3, -0.25) is 0 Å². The minimum Gasteiger partial charge on any atom is -0.245 e. The van der Waals surface area contributed by atoms with E-state index in [0.717, 1.165) is 88.6 Å². The van der Waals surface area contributed by atoms with Crippen molar-refractivity contribution in [3.05, 3.63) is 231 Å². The summed E-state index contributed by atoms with van der Waals surface area (Å²) in [7, 11) is -2.77. The molecule has 65 heavy (non-hydrogen) atoms. The van der Waals surface area contributed by atoms with Crippen LogP contribution in [0, 0.1) is 0 Å². The highest BCUT2D eigenvalue weighted by atomic mass is 28.3. The van der Waals surface area contributed by atoms with Crippen LogP contribution in [0.1, 0.15) is 0 Å². The first-order valence-corrected chi connectivity index (χ1v) is 24.1. The van der Waals surface area contributed by atoms with E-state index in [1.807, 2.05) is 12.1 Å². The van der Waals surface area contributed by atoms with E-state index in [2.05, 4.69) is 218 Å². The van der Waals surface area contributed by atoms with Crippen LogP contribution < -0.4 is 20.7 Å². The Morgan fingerprint density at radius 2 is 0.538 bits per heavy atom. The second-order valence-electron chi connectivity index (χ2n) is 16.9. The topological polar surface area (TPSA) is 51.6 Å². The van der Waals surface area contributed by atoms with Gasteiger partial charge in [-0.25, -0.2) is 19.9 Å². The molecule has 4 nitrogen and oxygen atoms in total. The van der Waals surface area contributed by atoms with E-state index < -0.39 is 8.07 Å². The lowest BCUT2D eigenvalue weighted by Gasteiger charge is -2.31. The van der Waals surface area contributed by atoms with Gasteiger partial charge < -0.3 is 0 Å². The van der Waals surface area contributed by atoms with Crippen LogP contribution in [-0.2, 0) is 0 Å². The zero-order valence-corrected chi connectivity index (χ0v) is 36.2. The van der Waals surface area contributed by atoms with E-state index in [0.29, 0.717) is 0 Å². The average Bonchev–Trinajstić information content (AvgIpc) is 3.68. The van der Waals surface area contributed by atoms with Gasteiger partial charge in [-0.15, -0.1) is 0 Å². The summed E-state index contributed by atoms with van der Waals surface area (Å²) in [4.78, 5) is 21.3. The smallest absolute Gasteiger partial charge is 0.180 e. The van der Waals surface area contributed by atoms with Crippen LogP contribution in [0.15, 0.2) is 231 Å². The molecule has 0 amide bonds. The van der Waals surface area contributed by atoms with E-state index in [9.17, 15) is 0 Å². The first kappa shape index (κ1) is 37.2. The molecule has 4 aromatic heterocycles. The summed E-state index contributed by atoms with van der Waals surface area (Å²) >= 11 is 0. The molecule has 5 heteroatoms. The molecular formula is C60H38N4Si. The van der Waals surface area contributed by atoms with Gasteiger partial charge in [0.25, 0.3) is 0 Å². The minimum atomic E-state index is -2.77. The highest BCUT2D eigenvalue weighted by molar-refractivity contribution is 7.22. The van der Waals surface area contributed by atoms with Crippen LogP contribution in [0.4, 0.5) is 0 Å². The molecule has 13 rings (SSSR count). The molecule has 0 saturated carbocycles. The van der Waals surface area contributed by atoms with Crippen molar-refractivity contribution in [3.8, 4) is 56.2 Å². The summed E-state index contributed by atoms with van der Waals surface area (Å²) in [6.45, 7) is 0. The van der Waals surface area contributed by atoms with Crippen molar-refractivity contribution in [2.45, 2.75) is 0 Å². The van der Waals surface area contributed by atoms with Gasteiger partial charge in [0.2, 0.25) is 0 Å². The molecule has 302 valence electrons. The Morgan fingerprint density at radius 1 is 0.246 bits per heavy atom. The molecule has 0 saturated heterocycles. The van der Waals surface area contributed by atoms with Crippen molar-refractivity contribution in [2.75, 3.05) is 0 Å². The minimum absolute atomic E-state index is 0.901. The van der Waals surface area contributed by atoms with Crippen LogP contribution in [0.2, 0.25) is 0 Å². The summed E-state index contributed by atoms with van der Waals surface area (Å²) in [5, 5.41) is 9.75. The molecule has 0 atom stereocenters. The number of fused-ring (bicyclic) bond motifs is 9. The standard InChI is InChI=1S/C60H38N4Si/c1-5-13-39(14-6-1)51-31-25-41-21-23-43-27-33-53(63-59(43)57(41)61-51)45-29-35-55-49(37-45)50-38-46(30-36-56(50)65(55,47-17-9-3-10-18-47)48-19-11-4-12-20-48)54-34-28-44-24-22-42-26-32-52(40-15-7-2-8-16-40)62-58(42)60(44)64-54/h1-38H. The molecule has 0 fully saturated rings. The lowest BCUT2D eigenvalue weighted by Crippen LogP contribution is -2.72. The molecule has 0 bridgehead atoms. The quantitative estimate of drug-likeness (QED) is 0.124. The number of hydrogen-bond acceptors (Lipinski definition) is 4. The molecule has 1 aliphatic heterocycles. The Labute approximate surface area is 377 Å². The molecule has 12 aromatic rings. The zero-order chi connectivity index (χ0) is 42.9. The van der Waals surface area contributed by atoms with Crippen molar-refractivity contribution in [3.63, 3.8) is 0 Å². The van der Waals surface area contributed by atoms with Crippen LogP contribution in [-0.4, -0.2) is 28.0 Å². The van der Waals surface area contributed by atoms with Gasteiger partial charge in [-0.05, 0) is 68.3 Å². The Bertz CT molecular complexity index is 3570. The second-order valence-corrected chi connectivity index (χ2v) is 20.7. The van der Waals surface area contributed by atoms with Gasteiger partial charge in [0.15, 0.2) is 8.07 Å². The van der Waals surface area contributed by atoms with Gasteiger partial charge in [0, 0.05) is 43.8 Å². The lowest BCUT2D eigenvalue weighted by atomic mass is 9.98. The number of rotatable bonds is 6. The summed E-state index contributed by atoms with van der Waals surface area (Å²) in [5.41, 5.74) is 14.1. The molecule has 5 heterocycles. The molecule has 0 spiro atoms. The van der Waals surface area contributed by atoms with E-state index in [1.165, 1.54) is 31.9 Å². The number of nitrogens with zero attached hydrogens (tertiary/aromatic N) is 4. The highest BCUT2D eigenvalue weighted by Crippen LogP contribution is 2.37. The maximum atomic E-state index is 5.42. The van der Waals surface area contributed by atoms with Gasteiger partial charge in [-0.2, -0.15) is 0 Å². The van der Waals surface area contributed by atoms with Crippen molar-refractivity contribution >= 4 is 72.4 Å². The van der Waals surface area contributed by atoms with Crippen LogP contribution in [0.5, 0.6) is 0 Å². The highest BCUT2D eigenvalue weighted by Gasteiger charge is 2.48. The van der Waals surface area contributed by atoms with Crippen LogP contribution in [0.3, 0.4) is 0 Å². The van der Waals surface area contributed by atoms with Crippen molar-refractivity contribution in [2.24, 2.45) is 0 Å². The first-order valence-electron chi connectivity index (χ1n) is 22.1. The molecule has 0 N–H and O–H groups in total. The van der Waals surface area contributed by atoms with Gasteiger partial charge in [-0.1, -0.05) is 194 Å². The fraction of sp³-hybridized carbons (Fsp3) is 0. The lowest BCUT2D eigenvalue weighted by molar-refractivity contribution is 1.36. The molecule has 0 radical (unpaired) electrons. The molecule has 8 aromatic carbocycles. The van der Waals surface area contributed by atoms with Crippen molar-refractivity contribution in [1.82, 2.24) is 19.9 Å². The molecule has 0 aliphatic carbocycles. The molecular weight excluding hydrogens is 805 g/mol. The summed E-state index contributed by atoms with van der Waals surface area (Å²) in [5.74, 6) is 0. The Balaban J connectivity index is 1.01. The third-order valence-electron chi connectivity index (χ3n) is 13.3. The predicted molar refractivity (Wildman–Crippen MR) is 272 cm³/mol. The van der Waals surface area contributed by atoms with E-state index >= 15 is 0 Å². The zero-order valence-electron chi connectivity index (χ0n) is 35.2. The molecule has 1 aliphatic rings. The van der Waals surface area contributed by atoms with Gasteiger partial charge in [0.05, 0.1) is 44.8 Å². The fourth-order valence-electron chi connectivity index (χ4n) is 10.2. The van der Waals surface area contributed by atoms with E-state index in [4.69, 9.17) is 19.9 Å². The Hall–Kier alpha value is -8.38. The maximum Gasteiger partial charge on any atom is 0.180 e. The number of pyridine rings is 4. The normalized spacial score (nSPS) is 12.7. The number of hydrogen-bond donors (Lipinski definition) is 0.